The quantitative estimate of drug-likeness (QED) is 0.297. The molecule has 12 heteroatoms. The molecule has 0 spiro atoms. The van der Waals surface area contributed by atoms with Crippen LogP contribution in [0.2, 0.25) is 0 Å². The fourth-order valence-corrected chi connectivity index (χ4v) is 3.12. The van der Waals surface area contributed by atoms with Gasteiger partial charge in [-0.15, -0.1) is 0 Å². The first-order valence-corrected chi connectivity index (χ1v) is 10.8. The van der Waals surface area contributed by atoms with Crippen molar-refractivity contribution in [2.45, 2.75) is 24.4 Å². The second-order valence-corrected chi connectivity index (χ2v) is 8.14. The number of hydrogen-bond donors (Lipinski definition) is 2. The summed E-state index contributed by atoms with van der Waals surface area (Å²) >= 11 is 0. The standard InChI is InChI=1S/C20H20F2O9S/c1-32(27,28)31-15(12-29-17(23)13-8-4-2-5-9-13)16(20(21,22)19(25)26)30-18(24)14-10-6-3-7-11-14/h2-11,15-16,19,25-26H,12H2,1H3. The largest absolute Gasteiger partial charge is 0.459 e. The van der Waals surface area contributed by atoms with E-state index >= 15 is 0 Å². The summed E-state index contributed by atoms with van der Waals surface area (Å²) in [6.07, 6.45) is -7.98. The molecule has 2 N–H and O–H groups in total. The van der Waals surface area contributed by atoms with Crippen LogP contribution in [-0.4, -0.2) is 67.9 Å². The van der Waals surface area contributed by atoms with Crippen molar-refractivity contribution in [1.29, 1.82) is 0 Å². The Morgan fingerprint density at radius 3 is 1.84 bits per heavy atom. The zero-order valence-corrected chi connectivity index (χ0v) is 17.4. The normalized spacial score (nSPS) is 13.9. The number of carbonyl (C=O) groups is 2. The van der Waals surface area contributed by atoms with Gasteiger partial charge in [0.1, 0.15) is 6.61 Å². The Labute approximate surface area is 182 Å². The summed E-state index contributed by atoms with van der Waals surface area (Å²) in [6.45, 7) is -1.12. The molecular weight excluding hydrogens is 454 g/mol. The number of carbonyl (C=O) groups excluding carboxylic acids is 2. The van der Waals surface area contributed by atoms with E-state index in [1.54, 1.807) is 12.1 Å². The van der Waals surface area contributed by atoms with Crippen LogP contribution in [0.3, 0.4) is 0 Å². The predicted octanol–water partition coefficient (Wildman–Crippen LogP) is 1.36. The number of benzene rings is 2. The Kier molecular flexibility index (Phi) is 8.38. The Morgan fingerprint density at radius 2 is 1.41 bits per heavy atom. The highest BCUT2D eigenvalue weighted by molar-refractivity contribution is 7.86. The third-order valence-corrected chi connectivity index (χ3v) is 4.59. The highest BCUT2D eigenvalue weighted by atomic mass is 32.2. The number of rotatable bonds is 10. The number of halogens is 2. The van der Waals surface area contributed by atoms with Gasteiger partial charge >= 0.3 is 17.9 Å². The molecule has 0 aromatic heterocycles. The van der Waals surface area contributed by atoms with Crippen molar-refractivity contribution in [3.05, 3.63) is 71.8 Å². The molecule has 0 aliphatic heterocycles. The van der Waals surface area contributed by atoms with Crippen LogP contribution in [0, 0.1) is 0 Å². The van der Waals surface area contributed by atoms with E-state index in [4.69, 9.17) is 19.7 Å². The van der Waals surface area contributed by atoms with E-state index < -0.39 is 53.1 Å². The van der Waals surface area contributed by atoms with Gasteiger partial charge in [-0.2, -0.15) is 17.2 Å². The molecule has 0 bridgehead atoms. The first-order chi connectivity index (χ1) is 14.9. The van der Waals surface area contributed by atoms with Crippen molar-refractivity contribution in [1.82, 2.24) is 0 Å². The van der Waals surface area contributed by atoms with Crippen LogP contribution in [0.1, 0.15) is 20.7 Å². The average molecular weight is 474 g/mol. The smallest absolute Gasteiger partial charge is 0.338 e. The van der Waals surface area contributed by atoms with Crippen LogP contribution in [-0.2, 0) is 23.8 Å². The molecule has 0 aliphatic rings. The van der Waals surface area contributed by atoms with Gasteiger partial charge in [0.05, 0.1) is 17.4 Å². The first kappa shape index (κ1) is 25.3. The molecule has 174 valence electrons. The van der Waals surface area contributed by atoms with E-state index in [2.05, 4.69) is 4.18 Å². The molecular formula is C20H20F2O9S. The number of ether oxygens (including phenoxy) is 2. The van der Waals surface area contributed by atoms with Crippen molar-refractivity contribution >= 4 is 22.1 Å². The molecule has 0 saturated carbocycles. The monoisotopic (exact) mass is 474 g/mol. The van der Waals surface area contributed by atoms with E-state index in [1.165, 1.54) is 48.5 Å². The molecule has 0 fully saturated rings. The molecule has 0 aliphatic carbocycles. The molecule has 0 amide bonds. The fraction of sp³-hybridized carbons (Fsp3) is 0.300. The Morgan fingerprint density at radius 1 is 0.938 bits per heavy atom. The summed E-state index contributed by atoms with van der Waals surface area (Å²) in [6, 6.07) is 14.1. The van der Waals surface area contributed by atoms with Gasteiger partial charge in [0, 0.05) is 0 Å². The van der Waals surface area contributed by atoms with Gasteiger partial charge < -0.3 is 19.7 Å². The fourth-order valence-electron chi connectivity index (χ4n) is 2.51. The van der Waals surface area contributed by atoms with Crippen LogP contribution >= 0.6 is 0 Å². The van der Waals surface area contributed by atoms with Crippen LogP contribution < -0.4 is 0 Å². The van der Waals surface area contributed by atoms with Crippen molar-refractivity contribution < 1.29 is 50.7 Å². The maximum Gasteiger partial charge on any atom is 0.338 e. The molecule has 2 aromatic rings. The highest BCUT2D eigenvalue weighted by Crippen LogP contribution is 2.30. The molecule has 2 aromatic carbocycles. The minimum atomic E-state index is -4.60. The van der Waals surface area contributed by atoms with Gasteiger partial charge in [-0.05, 0) is 24.3 Å². The average Bonchev–Trinajstić information content (AvgIpc) is 2.74. The number of alkyl halides is 2. The molecule has 32 heavy (non-hydrogen) atoms. The van der Waals surface area contributed by atoms with Crippen LogP contribution in [0.25, 0.3) is 0 Å². The highest BCUT2D eigenvalue weighted by Gasteiger charge is 2.54. The third-order valence-electron chi connectivity index (χ3n) is 3.99. The molecule has 2 unspecified atom stereocenters. The van der Waals surface area contributed by atoms with E-state index in [0.717, 1.165) is 0 Å². The van der Waals surface area contributed by atoms with Gasteiger partial charge in [0.25, 0.3) is 10.1 Å². The zero-order valence-electron chi connectivity index (χ0n) is 16.6. The Hall–Kier alpha value is -2.93. The van der Waals surface area contributed by atoms with Gasteiger partial charge in [0.15, 0.2) is 6.10 Å². The van der Waals surface area contributed by atoms with Crippen LogP contribution in [0.15, 0.2) is 60.7 Å². The van der Waals surface area contributed by atoms with Crippen molar-refractivity contribution in [3.8, 4) is 0 Å². The third kappa shape index (κ3) is 7.05. The second-order valence-electron chi connectivity index (χ2n) is 6.54. The number of aliphatic hydroxyl groups excluding tert-OH is 1. The summed E-state index contributed by atoms with van der Waals surface area (Å²) in [4.78, 5) is 24.5. The second kappa shape index (κ2) is 10.6. The van der Waals surface area contributed by atoms with Gasteiger partial charge in [-0.3, -0.25) is 4.18 Å². The molecule has 0 radical (unpaired) electrons. The SMILES string of the molecule is CS(=O)(=O)OC(COC(=O)c1ccccc1)C(OC(=O)c1ccccc1)C(F)(F)C(O)O. The summed E-state index contributed by atoms with van der Waals surface area (Å²) in [5.74, 6) is -6.93. The molecule has 2 rings (SSSR count). The minimum absolute atomic E-state index is 0.0254. The van der Waals surface area contributed by atoms with Gasteiger partial charge in [-0.25, -0.2) is 9.59 Å². The maximum atomic E-state index is 14.6. The van der Waals surface area contributed by atoms with E-state index in [1.807, 2.05) is 0 Å². The van der Waals surface area contributed by atoms with Crippen molar-refractivity contribution in [2.24, 2.45) is 0 Å². The lowest BCUT2D eigenvalue weighted by Gasteiger charge is -2.32. The number of aliphatic hydroxyl groups is 2. The Bertz CT molecular complexity index is 1010. The Balaban J connectivity index is 2.35. The summed E-state index contributed by atoms with van der Waals surface area (Å²) in [5.41, 5.74) is -0.155. The van der Waals surface area contributed by atoms with E-state index in [9.17, 15) is 26.8 Å². The van der Waals surface area contributed by atoms with Gasteiger partial charge in [0.2, 0.25) is 12.4 Å². The lowest BCUT2D eigenvalue weighted by Crippen LogP contribution is -2.55. The van der Waals surface area contributed by atoms with Gasteiger partial charge in [-0.1, -0.05) is 36.4 Å². The van der Waals surface area contributed by atoms with Crippen LogP contribution in [0.4, 0.5) is 8.78 Å². The maximum absolute atomic E-state index is 14.6. The lowest BCUT2D eigenvalue weighted by atomic mass is 10.1. The zero-order chi connectivity index (χ0) is 23.9. The number of esters is 2. The predicted molar refractivity (Wildman–Crippen MR) is 105 cm³/mol. The summed E-state index contributed by atoms with van der Waals surface area (Å²) < 4.78 is 66.6. The lowest BCUT2D eigenvalue weighted by molar-refractivity contribution is -0.263. The minimum Gasteiger partial charge on any atom is -0.459 e. The van der Waals surface area contributed by atoms with Crippen LogP contribution in [0.5, 0.6) is 0 Å². The van der Waals surface area contributed by atoms with E-state index in [-0.39, 0.29) is 11.1 Å². The molecule has 0 heterocycles. The summed E-state index contributed by atoms with van der Waals surface area (Å²) in [7, 11) is -4.45. The summed E-state index contributed by atoms with van der Waals surface area (Å²) in [5, 5.41) is 18.3. The van der Waals surface area contributed by atoms with Crippen molar-refractivity contribution in [2.75, 3.05) is 12.9 Å². The molecule has 2 atom stereocenters. The molecule has 9 nitrogen and oxygen atoms in total. The van der Waals surface area contributed by atoms with Crippen molar-refractivity contribution in [3.63, 3.8) is 0 Å². The van der Waals surface area contributed by atoms with E-state index in [0.29, 0.717) is 6.26 Å². The topological polar surface area (TPSA) is 136 Å². The first-order valence-electron chi connectivity index (χ1n) is 9.02. The number of hydrogen-bond acceptors (Lipinski definition) is 9. The molecule has 0 saturated heterocycles.